The number of rotatable bonds is 3. The van der Waals surface area contributed by atoms with E-state index in [1.165, 1.54) is 6.07 Å². The number of halogens is 3. The second-order valence-corrected chi connectivity index (χ2v) is 8.37. The maximum absolute atomic E-state index is 12.9. The summed E-state index contributed by atoms with van der Waals surface area (Å²) < 4.78 is 38.2. The van der Waals surface area contributed by atoms with Crippen molar-refractivity contribution in [3.8, 4) is 0 Å². The highest BCUT2D eigenvalue weighted by Gasteiger charge is 2.39. The number of para-hydroxylation sites is 1. The van der Waals surface area contributed by atoms with Crippen LogP contribution in [0.3, 0.4) is 0 Å². The van der Waals surface area contributed by atoms with Crippen molar-refractivity contribution in [2.45, 2.75) is 6.18 Å². The number of aromatic amines is 1. The van der Waals surface area contributed by atoms with Crippen molar-refractivity contribution in [3.63, 3.8) is 0 Å². The van der Waals surface area contributed by atoms with Crippen molar-refractivity contribution in [1.82, 2.24) is 19.8 Å². The number of piperazine rings is 1. The number of fused-ring (bicyclic) bond motifs is 1. The summed E-state index contributed by atoms with van der Waals surface area (Å²) >= 11 is 0. The first-order valence-electron chi connectivity index (χ1n) is 10.7. The molecule has 1 N–H and O–H groups in total. The first kappa shape index (κ1) is 21.3. The third kappa shape index (κ3) is 4.01. The largest absolute Gasteiger partial charge is 0.417 e. The molecular formula is C23H22F3N5O2. The first-order chi connectivity index (χ1) is 15.8. The number of likely N-dealkylation sites (tertiary alicyclic amines) is 1. The van der Waals surface area contributed by atoms with Crippen LogP contribution in [0.4, 0.5) is 19.0 Å². The second kappa shape index (κ2) is 8.09. The van der Waals surface area contributed by atoms with Crippen molar-refractivity contribution in [2.24, 2.45) is 5.92 Å². The van der Waals surface area contributed by atoms with Crippen molar-refractivity contribution in [1.29, 1.82) is 0 Å². The Hall–Kier alpha value is -3.56. The Morgan fingerprint density at radius 2 is 1.70 bits per heavy atom. The molecular weight excluding hydrogens is 435 g/mol. The van der Waals surface area contributed by atoms with E-state index in [9.17, 15) is 22.8 Å². The van der Waals surface area contributed by atoms with Gasteiger partial charge in [-0.1, -0.05) is 18.2 Å². The molecule has 0 radical (unpaired) electrons. The molecule has 2 aliphatic heterocycles. The van der Waals surface area contributed by atoms with Crippen molar-refractivity contribution >= 4 is 28.5 Å². The maximum atomic E-state index is 12.9. The van der Waals surface area contributed by atoms with E-state index in [2.05, 4.69) is 9.97 Å². The second-order valence-electron chi connectivity index (χ2n) is 8.37. The molecule has 1 aromatic carbocycles. The van der Waals surface area contributed by atoms with Gasteiger partial charge in [-0.2, -0.15) is 13.2 Å². The van der Waals surface area contributed by atoms with Gasteiger partial charge in [0.25, 0.3) is 5.91 Å². The molecule has 5 rings (SSSR count). The predicted molar refractivity (Wildman–Crippen MR) is 116 cm³/mol. The summed E-state index contributed by atoms with van der Waals surface area (Å²) in [6.45, 7) is 2.70. The van der Waals surface area contributed by atoms with Gasteiger partial charge in [-0.25, -0.2) is 4.98 Å². The summed E-state index contributed by atoms with van der Waals surface area (Å²) in [5.74, 6) is 0.164. The molecule has 0 bridgehead atoms. The summed E-state index contributed by atoms with van der Waals surface area (Å²) in [5.41, 5.74) is 0.723. The Morgan fingerprint density at radius 3 is 2.36 bits per heavy atom. The lowest BCUT2D eigenvalue weighted by Gasteiger charge is -2.43. The van der Waals surface area contributed by atoms with E-state index in [4.69, 9.17) is 0 Å². The number of carbonyl (C=O) groups excluding carboxylic acids is 2. The molecule has 172 valence electrons. The van der Waals surface area contributed by atoms with Gasteiger partial charge in [0, 0.05) is 62.6 Å². The van der Waals surface area contributed by atoms with Crippen LogP contribution in [-0.4, -0.2) is 70.9 Å². The lowest BCUT2D eigenvalue weighted by molar-refractivity contribution is -0.140. The minimum Gasteiger partial charge on any atom is -0.360 e. The molecule has 0 spiro atoms. The van der Waals surface area contributed by atoms with E-state index < -0.39 is 11.7 Å². The van der Waals surface area contributed by atoms with E-state index >= 15 is 0 Å². The molecule has 10 heteroatoms. The van der Waals surface area contributed by atoms with Crippen LogP contribution >= 0.6 is 0 Å². The highest BCUT2D eigenvalue weighted by atomic mass is 19.4. The highest BCUT2D eigenvalue weighted by molar-refractivity contribution is 6.07. The van der Waals surface area contributed by atoms with Crippen LogP contribution < -0.4 is 4.90 Å². The average molecular weight is 457 g/mol. The fraction of sp³-hybridized carbons (Fsp3) is 0.348. The SMILES string of the molecule is O=C(c1c[nH]c2ccccc12)N1CC(C(=O)N2CCN(c3ccc(C(F)(F)F)cn3)CC2)C1. The number of nitrogens with zero attached hydrogens (tertiary/aromatic N) is 4. The summed E-state index contributed by atoms with van der Waals surface area (Å²) in [7, 11) is 0. The molecule has 3 aromatic rings. The molecule has 2 saturated heterocycles. The van der Waals surface area contributed by atoms with E-state index in [0.717, 1.165) is 23.2 Å². The van der Waals surface area contributed by atoms with E-state index in [-0.39, 0.29) is 17.7 Å². The maximum Gasteiger partial charge on any atom is 0.417 e. The van der Waals surface area contributed by atoms with Gasteiger partial charge in [-0.15, -0.1) is 0 Å². The van der Waals surface area contributed by atoms with Gasteiger partial charge in [0.05, 0.1) is 17.0 Å². The number of aromatic nitrogens is 2. The third-order valence-electron chi connectivity index (χ3n) is 6.33. The molecule has 4 heterocycles. The van der Waals surface area contributed by atoms with Crippen molar-refractivity contribution < 1.29 is 22.8 Å². The molecule has 7 nitrogen and oxygen atoms in total. The number of pyridine rings is 1. The molecule has 0 unspecified atom stereocenters. The Labute approximate surface area is 187 Å². The number of carbonyl (C=O) groups is 2. The molecule has 0 aliphatic carbocycles. The predicted octanol–water partition coefficient (Wildman–Crippen LogP) is 3.00. The molecule has 33 heavy (non-hydrogen) atoms. The molecule has 2 aliphatic rings. The quantitative estimate of drug-likeness (QED) is 0.657. The molecule has 2 aromatic heterocycles. The lowest BCUT2D eigenvalue weighted by Crippen LogP contribution is -2.59. The van der Waals surface area contributed by atoms with Crippen LogP contribution in [-0.2, 0) is 11.0 Å². The van der Waals surface area contributed by atoms with Gasteiger partial charge in [0.1, 0.15) is 5.82 Å². The van der Waals surface area contributed by atoms with E-state index in [1.807, 2.05) is 29.2 Å². The van der Waals surface area contributed by atoms with Crippen LogP contribution in [0.15, 0.2) is 48.8 Å². The standard InChI is InChI=1S/C23H22F3N5O2/c24-23(25,26)16-5-6-20(28-11-16)29-7-9-30(10-8-29)21(32)15-13-31(14-15)22(33)18-12-27-19-4-2-1-3-17(18)19/h1-6,11-12,15,27H,7-10,13-14H2. The summed E-state index contributed by atoms with van der Waals surface area (Å²) in [5, 5.41) is 0.866. The lowest BCUT2D eigenvalue weighted by atomic mass is 9.96. The topological polar surface area (TPSA) is 72.5 Å². The number of alkyl halides is 3. The van der Waals surface area contributed by atoms with E-state index in [0.29, 0.717) is 50.6 Å². The highest BCUT2D eigenvalue weighted by Crippen LogP contribution is 2.30. The third-order valence-corrected chi connectivity index (χ3v) is 6.33. The van der Waals surface area contributed by atoms with Crippen molar-refractivity contribution in [3.05, 3.63) is 59.9 Å². The number of anilines is 1. The minimum atomic E-state index is -4.41. The van der Waals surface area contributed by atoms with Crippen LogP contribution in [0.2, 0.25) is 0 Å². The van der Waals surface area contributed by atoms with Crippen LogP contribution in [0.25, 0.3) is 10.9 Å². The van der Waals surface area contributed by atoms with Gasteiger partial charge >= 0.3 is 6.18 Å². The van der Waals surface area contributed by atoms with Crippen LogP contribution in [0.1, 0.15) is 15.9 Å². The van der Waals surface area contributed by atoms with Gasteiger partial charge in [-0.05, 0) is 18.2 Å². The number of H-pyrrole nitrogens is 1. The molecule has 2 amide bonds. The summed E-state index contributed by atoms with van der Waals surface area (Å²) in [6, 6.07) is 9.98. The van der Waals surface area contributed by atoms with Gasteiger partial charge in [0.2, 0.25) is 5.91 Å². The summed E-state index contributed by atoms with van der Waals surface area (Å²) in [4.78, 5) is 38.0. The fourth-order valence-corrected chi connectivity index (χ4v) is 4.37. The first-order valence-corrected chi connectivity index (χ1v) is 10.7. The van der Waals surface area contributed by atoms with Crippen molar-refractivity contribution in [2.75, 3.05) is 44.2 Å². The Morgan fingerprint density at radius 1 is 0.970 bits per heavy atom. The number of hydrogen-bond donors (Lipinski definition) is 1. The Bertz CT molecular complexity index is 1180. The molecule has 0 atom stereocenters. The van der Waals surface area contributed by atoms with Crippen LogP contribution in [0.5, 0.6) is 0 Å². The van der Waals surface area contributed by atoms with Crippen LogP contribution in [0, 0.1) is 5.92 Å². The monoisotopic (exact) mass is 457 g/mol. The Kier molecular flexibility index (Phi) is 5.22. The average Bonchev–Trinajstić information content (AvgIpc) is 3.22. The number of nitrogens with one attached hydrogen (secondary N) is 1. The smallest absolute Gasteiger partial charge is 0.360 e. The fourth-order valence-electron chi connectivity index (χ4n) is 4.37. The zero-order valence-corrected chi connectivity index (χ0v) is 17.7. The number of amides is 2. The zero-order chi connectivity index (χ0) is 23.2. The number of hydrogen-bond acceptors (Lipinski definition) is 4. The van der Waals surface area contributed by atoms with E-state index in [1.54, 1.807) is 16.0 Å². The summed E-state index contributed by atoms with van der Waals surface area (Å²) in [6.07, 6.45) is -1.87. The van der Waals surface area contributed by atoms with Gasteiger partial charge in [-0.3, -0.25) is 9.59 Å². The molecule has 2 fully saturated rings. The zero-order valence-electron chi connectivity index (χ0n) is 17.7. The van der Waals surface area contributed by atoms with Gasteiger partial charge < -0.3 is 19.7 Å². The van der Waals surface area contributed by atoms with Gasteiger partial charge in [0.15, 0.2) is 0 Å². The number of benzene rings is 1. The molecule has 0 saturated carbocycles. The normalized spacial score (nSPS) is 17.4. The minimum absolute atomic E-state index is 0.0120. The Balaban J connectivity index is 1.14.